The zero-order valence-electron chi connectivity index (χ0n) is 15.8. The molecule has 1 saturated heterocycles. The van der Waals surface area contributed by atoms with Crippen molar-refractivity contribution in [3.8, 4) is 0 Å². The number of hydrogen-bond acceptors (Lipinski definition) is 5. The summed E-state index contributed by atoms with van der Waals surface area (Å²) in [5, 5.41) is 3.64. The number of aromatic nitrogens is 1. The zero-order valence-corrected chi connectivity index (χ0v) is 15.8. The van der Waals surface area contributed by atoms with Crippen LogP contribution < -0.4 is 10.9 Å². The second-order valence-electron chi connectivity index (χ2n) is 6.90. The number of carbonyl (C=O) groups is 1. The van der Waals surface area contributed by atoms with Gasteiger partial charge in [-0.15, -0.1) is 0 Å². The zero-order chi connectivity index (χ0) is 19.5. The molecule has 0 unspecified atom stereocenters. The van der Waals surface area contributed by atoms with E-state index >= 15 is 0 Å². The number of amides is 1. The van der Waals surface area contributed by atoms with Crippen LogP contribution in [0.5, 0.6) is 0 Å². The van der Waals surface area contributed by atoms with Crippen molar-refractivity contribution in [2.75, 3.05) is 32.8 Å². The molecule has 2 aromatic heterocycles. The molecule has 1 amide bonds. The van der Waals surface area contributed by atoms with Gasteiger partial charge in [0.25, 0.3) is 5.91 Å². The van der Waals surface area contributed by atoms with Crippen molar-refractivity contribution < 1.29 is 13.9 Å². The topological polar surface area (TPSA) is 76.7 Å². The van der Waals surface area contributed by atoms with Crippen LogP contribution in [-0.2, 0) is 11.8 Å². The van der Waals surface area contributed by atoms with Gasteiger partial charge in [-0.1, -0.05) is 18.2 Å². The number of aryl methyl sites for hydroxylation is 1. The van der Waals surface area contributed by atoms with Crippen molar-refractivity contribution in [1.82, 2.24) is 14.8 Å². The third kappa shape index (κ3) is 3.72. The first-order valence-corrected chi connectivity index (χ1v) is 9.37. The van der Waals surface area contributed by atoms with Gasteiger partial charge in [-0.2, -0.15) is 0 Å². The van der Waals surface area contributed by atoms with Crippen molar-refractivity contribution >= 4 is 16.9 Å². The molecule has 1 aromatic carbocycles. The minimum Gasteiger partial charge on any atom is -0.422 e. The van der Waals surface area contributed by atoms with Gasteiger partial charge in [0.15, 0.2) is 0 Å². The van der Waals surface area contributed by atoms with E-state index in [0.717, 1.165) is 24.2 Å². The lowest BCUT2D eigenvalue weighted by Gasteiger charge is -2.34. The summed E-state index contributed by atoms with van der Waals surface area (Å²) in [5.41, 5.74) is 0.969. The number of benzene rings is 1. The van der Waals surface area contributed by atoms with E-state index in [1.807, 2.05) is 31.4 Å². The van der Waals surface area contributed by atoms with Gasteiger partial charge in [-0.05, 0) is 24.3 Å². The van der Waals surface area contributed by atoms with E-state index in [9.17, 15) is 9.59 Å². The van der Waals surface area contributed by atoms with Crippen LogP contribution in [0.25, 0.3) is 11.0 Å². The van der Waals surface area contributed by atoms with Crippen LogP contribution >= 0.6 is 0 Å². The van der Waals surface area contributed by atoms with Gasteiger partial charge in [-0.3, -0.25) is 9.69 Å². The molecular weight excluding hydrogens is 358 g/mol. The first-order valence-electron chi connectivity index (χ1n) is 9.37. The SMILES string of the molecule is Cn1cccc1[C@@H](CNC(=O)c1cc2ccccc2oc1=O)N1CCOCC1. The summed E-state index contributed by atoms with van der Waals surface area (Å²) in [5.74, 6) is -0.424. The molecule has 146 valence electrons. The standard InChI is InChI=1S/C21H23N3O4/c1-23-8-4-6-17(23)18(24-9-11-27-12-10-24)14-22-20(25)16-13-15-5-2-3-7-19(15)28-21(16)26/h2-8,13,18H,9-12,14H2,1H3,(H,22,25)/t18-/m1/s1. The predicted octanol–water partition coefficient (Wildman–Crippen LogP) is 1.93. The Morgan fingerprint density at radius 3 is 2.71 bits per heavy atom. The molecule has 0 spiro atoms. The van der Waals surface area contributed by atoms with E-state index in [4.69, 9.17) is 9.15 Å². The normalized spacial score (nSPS) is 16.2. The molecule has 7 heteroatoms. The fraction of sp³-hybridized carbons (Fsp3) is 0.333. The molecule has 1 aliphatic rings. The average Bonchev–Trinajstić information content (AvgIpc) is 3.14. The van der Waals surface area contributed by atoms with Crippen LogP contribution in [0, 0.1) is 0 Å². The van der Waals surface area contributed by atoms with Gasteiger partial charge < -0.3 is 19.0 Å². The Morgan fingerprint density at radius 2 is 1.96 bits per heavy atom. The molecule has 1 atom stereocenters. The Hall–Kier alpha value is -2.90. The van der Waals surface area contributed by atoms with E-state index in [2.05, 4.69) is 20.9 Å². The number of hydrogen-bond donors (Lipinski definition) is 1. The molecule has 1 fully saturated rings. The molecule has 3 heterocycles. The number of nitrogens with zero attached hydrogens (tertiary/aromatic N) is 2. The summed E-state index contributed by atoms with van der Waals surface area (Å²) in [6.07, 6.45) is 1.99. The molecule has 0 bridgehead atoms. The Morgan fingerprint density at radius 1 is 1.18 bits per heavy atom. The van der Waals surface area contributed by atoms with E-state index in [0.29, 0.717) is 25.3 Å². The summed E-state index contributed by atoms with van der Waals surface area (Å²) < 4.78 is 12.8. The molecule has 0 radical (unpaired) electrons. The summed E-state index contributed by atoms with van der Waals surface area (Å²) in [6, 6.07) is 12.8. The Bertz CT molecular complexity index is 1030. The third-order valence-corrected chi connectivity index (χ3v) is 5.15. The van der Waals surface area contributed by atoms with Gasteiger partial charge in [0.05, 0.1) is 19.3 Å². The molecule has 7 nitrogen and oxygen atoms in total. The van der Waals surface area contributed by atoms with Gasteiger partial charge in [-0.25, -0.2) is 4.79 Å². The van der Waals surface area contributed by atoms with E-state index in [1.165, 1.54) is 0 Å². The largest absolute Gasteiger partial charge is 0.422 e. The van der Waals surface area contributed by atoms with Gasteiger partial charge in [0, 0.05) is 44.0 Å². The summed E-state index contributed by atoms with van der Waals surface area (Å²) in [4.78, 5) is 27.3. The van der Waals surface area contributed by atoms with Crippen LogP contribution in [0.1, 0.15) is 22.1 Å². The van der Waals surface area contributed by atoms with Crippen molar-refractivity contribution in [3.63, 3.8) is 0 Å². The van der Waals surface area contributed by atoms with Crippen molar-refractivity contribution in [3.05, 3.63) is 70.3 Å². The minimum absolute atomic E-state index is 0.000322. The number of fused-ring (bicyclic) bond motifs is 1. The number of para-hydroxylation sites is 1. The number of rotatable bonds is 5. The average molecular weight is 381 g/mol. The van der Waals surface area contributed by atoms with Crippen LogP contribution in [0.3, 0.4) is 0 Å². The lowest BCUT2D eigenvalue weighted by Crippen LogP contribution is -2.44. The number of morpholine rings is 1. The summed E-state index contributed by atoms with van der Waals surface area (Å²) >= 11 is 0. The first-order chi connectivity index (χ1) is 13.6. The summed E-state index contributed by atoms with van der Waals surface area (Å²) in [6.45, 7) is 3.32. The lowest BCUT2D eigenvalue weighted by molar-refractivity contribution is 0.0148. The Labute approximate surface area is 162 Å². The molecule has 3 aromatic rings. The van der Waals surface area contributed by atoms with Crippen LogP contribution in [0.4, 0.5) is 0 Å². The molecule has 0 saturated carbocycles. The van der Waals surface area contributed by atoms with E-state index in [-0.39, 0.29) is 11.6 Å². The number of nitrogens with one attached hydrogen (secondary N) is 1. The molecule has 0 aliphatic carbocycles. The van der Waals surface area contributed by atoms with Crippen molar-refractivity contribution in [2.24, 2.45) is 7.05 Å². The summed E-state index contributed by atoms with van der Waals surface area (Å²) in [7, 11) is 1.99. The number of carbonyl (C=O) groups excluding carboxylic acids is 1. The Balaban J connectivity index is 1.55. The van der Waals surface area contributed by atoms with Gasteiger partial charge >= 0.3 is 5.63 Å². The highest BCUT2D eigenvalue weighted by molar-refractivity contribution is 5.96. The first kappa shape index (κ1) is 18.5. The molecule has 1 N–H and O–H groups in total. The van der Waals surface area contributed by atoms with E-state index < -0.39 is 11.5 Å². The van der Waals surface area contributed by atoms with Crippen LogP contribution in [0.2, 0.25) is 0 Å². The smallest absolute Gasteiger partial charge is 0.349 e. The van der Waals surface area contributed by atoms with Crippen LogP contribution in [-0.4, -0.2) is 48.2 Å². The molecule has 1 aliphatic heterocycles. The highest BCUT2D eigenvalue weighted by atomic mass is 16.5. The van der Waals surface area contributed by atoms with Crippen molar-refractivity contribution in [1.29, 1.82) is 0 Å². The monoisotopic (exact) mass is 381 g/mol. The molecule has 4 rings (SSSR count). The quantitative estimate of drug-likeness (QED) is 0.684. The fourth-order valence-electron chi connectivity index (χ4n) is 3.64. The lowest BCUT2D eigenvalue weighted by atomic mass is 10.1. The molecule has 28 heavy (non-hydrogen) atoms. The van der Waals surface area contributed by atoms with Crippen molar-refractivity contribution in [2.45, 2.75) is 6.04 Å². The maximum Gasteiger partial charge on any atom is 0.349 e. The predicted molar refractivity (Wildman–Crippen MR) is 105 cm³/mol. The molecular formula is C21H23N3O4. The maximum atomic E-state index is 12.7. The van der Waals surface area contributed by atoms with Gasteiger partial charge in [0.1, 0.15) is 11.1 Å². The third-order valence-electron chi connectivity index (χ3n) is 5.15. The minimum atomic E-state index is -0.627. The van der Waals surface area contributed by atoms with E-state index in [1.54, 1.807) is 18.2 Å². The fourth-order valence-corrected chi connectivity index (χ4v) is 3.64. The second-order valence-corrected chi connectivity index (χ2v) is 6.90. The van der Waals surface area contributed by atoms with Crippen LogP contribution in [0.15, 0.2) is 57.9 Å². The second kappa shape index (κ2) is 8.00. The maximum absolute atomic E-state index is 12.7. The highest BCUT2D eigenvalue weighted by Gasteiger charge is 2.25. The Kier molecular flexibility index (Phi) is 5.27. The highest BCUT2D eigenvalue weighted by Crippen LogP contribution is 2.21. The number of ether oxygens (including phenoxy) is 1. The van der Waals surface area contributed by atoms with Gasteiger partial charge in [0.2, 0.25) is 0 Å².